The Bertz CT molecular complexity index is 458. The average Bonchev–Trinajstić information content (AvgIpc) is 2.80. The lowest BCUT2D eigenvalue weighted by Crippen LogP contribution is -2.50. The second-order valence-electron chi connectivity index (χ2n) is 5.70. The zero-order valence-electron chi connectivity index (χ0n) is 11.9. The molecule has 6 heteroatoms. The number of hydrogen-bond acceptors (Lipinski definition) is 3. The van der Waals surface area contributed by atoms with Crippen molar-refractivity contribution in [2.75, 3.05) is 19.6 Å². The number of nitrogens with zero attached hydrogens (tertiary/aromatic N) is 3. The second kappa shape index (κ2) is 6.59. The Kier molecular flexibility index (Phi) is 5.05. The molecular weight excluding hydrogens is 276 g/mol. The van der Waals surface area contributed by atoms with E-state index in [1.807, 2.05) is 22.7 Å². The van der Waals surface area contributed by atoms with Crippen molar-refractivity contribution in [3.05, 3.63) is 18.2 Å². The van der Waals surface area contributed by atoms with Gasteiger partial charge in [-0.2, -0.15) is 0 Å². The first-order chi connectivity index (χ1) is 9.25. The Morgan fingerprint density at radius 1 is 1.50 bits per heavy atom. The van der Waals surface area contributed by atoms with Crippen LogP contribution in [-0.4, -0.2) is 40.0 Å². The molecule has 1 aromatic rings. The molecule has 1 saturated carbocycles. The van der Waals surface area contributed by atoms with E-state index in [9.17, 15) is 4.79 Å². The Balaban J connectivity index is 0.00000147. The van der Waals surface area contributed by atoms with Gasteiger partial charge >= 0.3 is 0 Å². The fourth-order valence-corrected chi connectivity index (χ4v) is 2.99. The van der Waals surface area contributed by atoms with E-state index >= 15 is 0 Å². The number of carbonyl (C=O) groups is 1. The summed E-state index contributed by atoms with van der Waals surface area (Å²) in [4.78, 5) is 18.9. The summed E-state index contributed by atoms with van der Waals surface area (Å²) in [6.45, 7) is 2.49. The largest absolute Gasteiger partial charge is 0.336 e. The van der Waals surface area contributed by atoms with Gasteiger partial charge in [0.05, 0.1) is 0 Å². The first-order valence-electron chi connectivity index (χ1n) is 7.23. The molecule has 2 aliphatic rings. The van der Waals surface area contributed by atoms with Crippen molar-refractivity contribution < 1.29 is 4.79 Å². The molecule has 0 bridgehead atoms. The Labute approximate surface area is 126 Å². The summed E-state index contributed by atoms with van der Waals surface area (Å²) in [6, 6.07) is 0.0846. The molecule has 1 N–H and O–H groups in total. The van der Waals surface area contributed by atoms with Gasteiger partial charge < -0.3 is 14.8 Å². The van der Waals surface area contributed by atoms with Gasteiger partial charge in [0.15, 0.2) is 0 Å². The highest BCUT2D eigenvalue weighted by atomic mass is 35.5. The highest BCUT2D eigenvalue weighted by molar-refractivity contribution is 5.85. The van der Waals surface area contributed by atoms with E-state index in [2.05, 4.69) is 10.3 Å². The van der Waals surface area contributed by atoms with E-state index in [1.54, 1.807) is 6.20 Å². The minimum atomic E-state index is 0. The number of carbonyl (C=O) groups excluding carboxylic acids is 1. The summed E-state index contributed by atoms with van der Waals surface area (Å²) >= 11 is 0. The van der Waals surface area contributed by atoms with Gasteiger partial charge in [0.1, 0.15) is 11.9 Å². The number of halogens is 1. The number of aryl methyl sites for hydroxylation is 1. The van der Waals surface area contributed by atoms with Gasteiger partial charge in [-0.05, 0) is 18.8 Å². The van der Waals surface area contributed by atoms with Crippen molar-refractivity contribution >= 4 is 18.3 Å². The SMILES string of the molecule is Cl.Cn1ccnc1C1CNCCN1C(=O)CC1CCC1. The maximum Gasteiger partial charge on any atom is 0.223 e. The summed E-state index contributed by atoms with van der Waals surface area (Å²) in [5.74, 6) is 1.91. The van der Waals surface area contributed by atoms with Gasteiger partial charge in [0.2, 0.25) is 5.91 Å². The van der Waals surface area contributed by atoms with E-state index in [0.29, 0.717) is 11.8 Å². The van der Waals surface area contributed by atoms with Gasteiger partial charge in [-0.15, -0.1) is 12.4 Å². The lowest BCUT2D eigenvalue weighted by molar-refractivity contribution is -0.136. The van der Waals surface area contributed by atoms with Crippen molar-refractivity contribution in [3.8, 4) is 0 Å². The number of hydrogen-bond donors (Lipinski definition) is 1. The summed E-state index contributed by atoms with van der Waals surface area (Å²) in [5.41, 5.74) is 0. The molecule has 1 aliphatic carbocycles. The fraction of sp³-hybridized carbons (Fsp3) is 0.714. The van der Waals surface area contributed by atoms with E-state index < -0.39 is 0 Å². The zero-order valence-corrected chi connectivity index (χ0v) is 12.7. The van der Waals surface area contributed by atoms with Gasteiger partial charge in [-0.25, -0.2) is 4.98 Å². The second-order valence-corrected chi connectivity index (χ2v) is 5.70. The Morgan fingerprint density at radius 2 is 2.30 bits per heavy atom. The third-order valence-electron chi connectivity index (χ3n) is 4.41. The number of nitrogens with one attached hydrogen (secondary N) is 1. The molecule has 20 heavy (non-hydrogen) atoms. The molecule has 1 aliphatic heterocycles. The summed E-state index contributed by atoms with van der Waals surface area (Å²) < 4.78 is 2.02. The third-order valence-corrected chi connectivity index (χ3v) is 4.41. The Hall–Kier alpha value is -1.07. The maximum absolute atomic E-state index is 12.5. The zero-order chi connectivity index (χ0) is 13.2. The fourth-order valence-electron chi connectivity index (χ4n) is 2.99. The van der Waals surface area contributed by atoms with Crippen LogP contribution in [0.15, 0.2) is 12.4 Å². The van der Waals surface area contributed by atoms with Crippen molar-refractivity contribution in [3.63, 3.8) is 0 Å². The molecule has 112 valence electrons. The number of rotatable bonds is 3. The van der Waals surface area contributed by atoms with Crippen LogP contribution in [0.25, 0.3) is 0 Å². The topological polar surface area (TPSA) is 50.2 Å². The standard InChI is InChI=1S/C14H22N4O.ClH/c1-17-7-6-16-14(17)12-10-15-5-8-18(12)13(19)9-11-3-2-4-11;/h6-7,11-12,15H,2-5,8-10H2,1H3;1H. The van der Waals surface area contributed by atoms with Crippen molar-refractivity contribution in [2.45, 2.75) is 31.7 Å². The summed E-state index contributed by atoms with van der Waals surface area (Å²) in [6.07, 6.45) is 8.22. The molecule has 3 rings (SSSR count). The smallest absolute Gasteiger partial charge is 0.223 e. The van der Waals surface area contributed by atoms with Crippen LogP contribution in [0.5, 0.6) is 0 Å². The average molecular weight is 299 g/mol. The first-order valence-corrected chi connectivity index (χ1v) is 7.23. The van der Waals surface area contributed by atoms with Crippen LogP contribution in [0, 0.1) is 5.92 Å². The molecular formula is C14H23ClN4O. The van der Waals surface area contributed by atoms with Gasteiger partial charge in [-0.1, -0.05) is 6.42 Å². The van der Waals surface area contributed by atoms with Crippen LogP contribution < -0.4 is 5.32 Å². The van der Waals surface area contributed by atoms with Gasteiger partial charge in [-0.3, -0.25) is 4.79 Å². The molecule has 0 spiro atoms. The van der Waals surface area contributed by atoms with Gasteiger partial charge in [0.25, 0.3) is 0 Å². The van der Waals surface area contributed by atoms with E-state index in [-0.39, 0.29) is 18.4 Å². The number of amides is 1. The number of piperazine rings is 1. The minimum absolute atomic E-state index is 0. The lowest BCUT2D eigenvalue weighted by Gasteiger charge is -2.37. The normalized spacial score (nSPS) is 23.1. The van der Waals surface area contributed by atoms with Crippen LogP contribution in [-0.2, 0) is 11.8 Å². The van der Waals surface area contributed by atoms with Crippen molar-refractivity contribution in [1.29, 1.82) is 0 Å². The summed E-state index contributed by atoms with van der Waals surface area (Å²) in [7, 11) is 1.99. The molecule has 1 unspecified atom stereocenters. The van der Waals surface area contributed by atoms with Crippen LogP contribution in [0.2, 0.25) is 0 Å². The third kappa shape index (κ3) is 2.99. The predicted molar refractivity (Wildman–Crippen MR) is 79.7 cm³/mol. The molecule has 1 saturated heterocycles. The van der Waals surface area contributed by atoms with Gasteiger partial charge in [0, 0.05) is 45.5 Å². The summed E-state index contributed by atoms with van der Waals surface area (Å²) in [5, 5.41) is 3.37. The highest BCUT2D eigenvalue weighted by Gasteiger charge is 2.32. The number of imidazole rings is 1. The van der Waals surface area contributed by atoms with Crippen LogP contribution in [0.4, 0.5) is 0 Å². The molecule has 2 heterocycles. The molecule has 5 nitrogen and oxygen atoms in total. The van der Waals surface area contributed by atoms with E-state index in [4.69, 9.17) is 0 Å². The predicted octanol–water partition coefficient (Wildman–Crippen LogP) is 1.50. The first kappa shape index (κ1) is 15.3. The molecule has 1 aromatic heterocycles. The monoisotopic (exact) mass is 298 g/mol. The number of aromatic nitrogens is 2. The van der Waals surface area contributed by atoms with Crippen LogP contribution in [0.3, 0.4) is 0 Å². The minimum Gasteiger partial charge on any atom is -0.336 e. The highest BCUT2D eigenvalue weighted by Crippen LogP contribution is 2.31. The van der Waals surface area contributed by atoms with Crippen LogP contribution >= 0.6 is 12.4 Å². The van der Waals surface area contributed by atoms with E-state index in [0.717, 1.165) is 31.9 Å². The Morgan fingerprint density at radius 3 is 2.90 bits per heavy atom. The molecule has 0 radical (unpaired) electrons. The van der Waals surface area contributed by atoms with Crippen molar-refractivity contribution in [2.24, 2.45) is 13.0 Å². The maximum atomic E-state index is 12.5. The molecule has 0 aromatic carbocycles. The molecule has 1 amide bonds. The lowest BCUT2D eigenvalue weighted by atomic mass is 9.82. The van der Waals surface area contributed by atoms with E-state index in [1.165, 1.54) is 19.3 Å². The quantitative estimate of drug-likeness (QED) is 0.920. The molecule has 1 atom stereocenters. The van der Waals surface area contributed by atoms with Crippen LogP contribution in [0.1, 0.15) is 37.5 Å². The molecule has 2 fully saturated rings. The van der Waals surface area contributed by atoms with Crippen molar-refractivity contribution in [1.82, 2.24) is 19.8 Å².